The number of phenols is 1. The molecule has 3 N–H and O–H groups in total. The van der Waals surface area contributed by atoms with Crippen molar-refractivity contribution in [2.24, 2.45) is 5.41 Å². The third-order valence-corrected chi connectivity index (χ3v) is 6.72. The Hall–Kier alpha value is -1.70. The fourth-order valence-electron chi connectivity index (χ4n) is 3.34. The number of nitrogens with one attached hydrogen (secondary N) is 2. The molecule has 27 heavy (non-hydrogen) atoms. The van der Waals surface area contributed by atoms with Crippen LogP contribution in [0.5, 0.6) is 5.75 Å². The van der Waals surface area contributed by atoms with Crippen LogP contribution in [0.3, 0.4) is 0 Å². The summed E-state index contributed by atoms with van der Waals surface area (Å²) in [5.41, 5.74) is -0.0329. The molecule has 0 aromatic heterocycles. The van der Waals surface area contributed by atoms with E-state index in [-0.39, 0.29) is 16.9 Å². The van der Waals surface area contributed by atoms with Crippen molar-refractivity contribution in [3.05, 3.63) is 37.6 Å². The molecular formula is C19H24ClN3O3S. The van der Waals surface area contributed by atoms with Gasteiger partial charge < -0.3 is 15.7 Å². The van der Waals surface area contributed by atoms with Crippen LogP contribution in [0.25, 0.3) is 0 Å². The van der Waals surface area contributed by atoms with Gasteiger partial charge in [-0.25, -0.2) is 0 Å². The van der Waals surface area contributed by atoms with Crippen LogP contribution >= 0.6 is 23.5 Å². The summed E-state index contributed by atoms with van der Waals surface area (Å²) < 4.78 is 1.80. The molecule has 3 rings (SSSR count). The highest BCUT2D eigenvalue weighted by Crippen LogP contribution is 2.44. The summed E-state index contributed by atoms with van der Waals surface area (Å²) >= 11 is 7.44. The maximum atomic E-state index is 12.1. The zero-order valence-corrected chi connectivity index (χ0v) is 17.3. The molecule has 8 heteroatoms. The Morgan fingerprint density at radius 2 is 1.89 bits per heavy atom. The average molecular weight is 410 g/mol. The van der Waals surface area contributed by atoms with Gasteiger partial charge in [-0.1, -0.05) is 24.9 Å². The van der Waals surface area contributed by atoms with Gasteiger partial charge >= 0.3 is 0 Å². The van der Waals surface area contributed by atoms with Crippen molar-refractivity contribution < 1.29 is 5.11 Å². The first kappa shape index (κ1) is 20.0. The van der Waals surface area contributed by atoms with Gasteiger partial charge in [-0.05, 0) is 62.9 Å². The Labute approximate surface area is 167 Å². The second-order valence-electron chi connectivity index (χ2n) is 7.27. The number of nitrogens with zero attached hydrogens (tertiary/aromatic N) is 1. The van der Waals surface area contributed by atoms with E-state index in [0.717, 1.165) is 19.3 Å². The first-order valence-corrected chi connectivity index (χ1v) is 10.1. The molecule has 0 spiro atoms. The molecular weight excluding hydrogens is 386 g/mol. The summed E-state index contributed by atoms with van der Waals surface area (Å²) in [4.78, 5) is 24.6. The summed E-state index contributed by atoms with van der Waals surface area (Å²) in [6, 6.07) is 3.24. The first-order chi connectivity index (χ1) is 12.8. The molecule has 0 radical (unpaired) electrons. The molecule has 1 aliphatic carbocycles. The van der Waals surface area contributed by atoms with Crippen molar-refractivity contribution in [2.45, 2.75) is 37.5 Å². The predicted molar refractivity (Wildman–Crippen MR) is 112 cm³/mol. The van der Waals surface area contributed by atoms with Gasteiger partial charge in [-0.15, -0.1) is 0 Å². The average Bonchev–Trinajstić information content (AvgIpc) is 2.60. The topological polar surface area (TPSA) is 81.7 Å². The number of anilines is 3. The highest BCUT2D eigenvalue weighted by atomic mass is 35.5. The van der Waals surface area contributed by atoms with Crippen LogP contribution in [0.2, 0.25) is 5.02 Å². The van der Waals surface area contributed by atoms with Gasteiger partial charge in [0.05, 0.1) is 15.6 Å². The van der Waals surface area contributed by atoms with Crippen molar-refractivity contribution in [1.29, 1.82) is 0 Å². The molecule has 0 atom stereocenters. The Morgan fingerprint density at radius 3 is 2.44 bits per heavy atom. The second kappa shape index (κ2) is 7.73. The van der Waals surface area contributed by atoms with Crippen LogP contribution in [0, 0.1) is 5.41 Å². The van der Waals surface area contributed by atoms with E-state index in [1.54, 1.807) is 16.4 Å². The van der Waals surface area contributed by atoms with Gasteiger partial charge in [-0.3, -0.25) is 13.9 Å². The Kier molecular flexibility index (Phi) is 5.74. The number of rotatable bonds is 8. The molecule has 0 aliphatic heterocycles. The second-order valence-corrected chi connectivity index (χ2v) is 9.00. The summed E-state index contributed by atoms with van der Waals surface area (Å²) in [6.07, 6.45) is 4.52. The summed E-state index contributed by atoms with van der Waals surface area (Å²) in [5.74, 6) is -0.0516. The van der Waals surface area contributed by atoms with Crippen molar-refractivity contribution in [2.75, 3.05) is 31.3 Å². The first-order valence-electron chi connectivity index (χ1n) is 8.99. The van der Waals surface area contributed by atoms with E-state index >= 15 is 0 Å². The van der Waals surface area contributed by atoms with Gasteiger partial charge in [0.1, 0.15) is 11.4 Å². The summed E-state index contributed by atoms with van der Waals surface area (Å²) in [6.45, 7) is 2.83. The SMILES string of the molecule is CCC1(CNc2c(Nc3ccc(Cl)c(SN(C)C)c3O)c(=O)c2=O)CCC1. The maximum absolute atomic E-state index is 12.1. The number of hydrogen-bond donors (Lipinski definition) is 3. The predicted octanol–water partition coefficient (Wildman–Crippen LogP) is 3.95. The molecule has 2 aromatic carbocycles. The van der Waals surface area contributed by atoms with Gasteiger partial charge in [-0.2, -0.15) is 0 Å². The van der Waals surface area contributed by atoms with E-state index in [1.807, 2.05) is 14.1 Å². The number of benzene rings is 1. The van der Waals surface area contributed by atoms with E-state index in [1.165, 1.54) is 18.4 Å². The van der Waals surface area contributed by atoms with Gasteiger partial charge in [0.2, 0.25) is 0 Å². The number of aromatic hydroxyl groups is 1. The normalized spacial score (nSPS) is 15.7. The number of halogens is 1. The lowest BCUT2D eigenvalue weighted by molar-refractivity contribution is 0.145. The van der Waals surface area contributed by atoms with Gasteiger partial charge in [0.15, 0.2) is 5.75 Å². The molecule has 1 fully saturated rings. The standard InChI is InChI=1S/C19H24ClN3O3S/c1-4-19(8-5-9-19)10-21-13-14(17(26)16(13)25)22-12-7-6-11(20)18(15(12)24)27-23(2)3/h6-7,21-22,24H,4-5,8-10H2,1-3H3. The summed E-state index contributed by atoms with van der Waals surface area (Å²) in [7, 11) is 3.67. The van der Waals surface area contributed by atoms with Gasteiger partial charge in [0, 0.05) is 6.54 Å². The van der Waals surface area contributed by atoms with Crippen molar-refractivity contribution in [3.8, 4) is 5.75 Å². The number of hydrogen-bond acceptors (Lipinski definition) is 7. The van der Waals surface area contributed by atoms with Crippen LogP contribution in [-0.4, -0.2) is 30.1 Å². The van der Waals surface area contributed by atoms with Crippen LogP contribution in [0.15, 0.2) is 26.6 Å². The minimum Gasteiger partial charge on any atom is -0.505 e. The van der Waals surface area contributed by atoms with Gasteiger partial charge in [0.25, 0.3) is 10.9 Å². The molecule has 146 valence electrons. The Balaban J connectivity index is 1.82. The van der Waals surface area contributed by atoms with E-state index in [9.17, 15) is 14.7 Å². The van der Waals surface area contributed by atoms with Crippen LogP contribution < -0.4 is 21.5 Å². The summed E-state index contributed by atoms with van der Waals surface area (Å²) in [5, 5.41) is 17.0. The van der Waals surface area contributed by atoms with Crippen LogP contribution in [0.4, 0.5) is 17.1 Å². The van der Waals surface area contributed by atoms with Crippen molar-refractivity contribution in [1.82, 2.24) is 4.31 Å². The van der Waals surface area contributed by atoms with Crippen molar-refractivity contribution in [3.63, 3.8) is 0 Å². The fourth-order valence-corrected chi connectivity index (χ4v) is 4.31. The maximum Gasteiger partial charge on any atom is 0.253 e. The quantitative estimate of drug-likeness (QED) is 0.346. The largest absolute Gasteiger partial charge is 0.505 e. The molecule has 6 nitrogen and oxygen atoms in total. The Bertz CT molecular complexity index is 912. The highest BCUT2D eigenvalue weighted by Gasteiger charge is 2.35. The van der Waals surface area contributed by atoms with Crippen molar-refractivity contribution >= 4 is 40.6 Å². The molecule has 1 aliphatic rings. The van der Waals surface area contributed by atoms with E-state index in [0.29, 0.717) is 27.8 Å². The molecule has 0 saturated heterocycles. The highest BCUT2D eigenvalue weighted by molar-refractivity contribution is 7.97. The molecule has 0 amide bonds. The molecule has 0 bridgehead atoms. The third kappa shape index (κ3) is 3.81. The lowest BCUT2D eigenvalue weighted by Gasteiger charge is -2.41. The molecule has 1 saturated carbocycles. The minimum absolute atomic E-state index is 0.0516. The van der Waals surface area contributed by atoms with Crippen LogP contribution in [0.1, 0.15) is 32.6 Å². The van der Waals surface area contributed by atoms with Crippen LogP contribution in [-0.2, 0) is 0 Å². The minimum atomic E-state index is -0.576. The smallest absolute Gasteiger partial charge is 0.253 e. The lowest BCUT2D eigenvalue weighted by atomic mass is 9.67. The molecule has 0 unspecified atom stereocenters. The van der Waals surface area contributed by atoms with E-state index in [2.05, 4.69) is 17.6 Å². The lowest BCUT2D eigenvalue weighted by Crippen LogP contribution is -2.41. The molecule has 2 aromatic rings. The zero-order valence-electron chi connectivity index (χ0n) is 15.7. The Morgan fingerprint density at radius 1 is 1.22 bits per heavy atom. The van der Waals surface area contributed by atoms with E-state index < -0.39 is 10.9 Å². The zero-order chi connectivity index (χ0) is 19.8. The number of phenolic OH excluding ortho intramolecular Hbond substituents is 1. The van der Waals surface area contributed by atoms with E-state index in [4.69, 9.17) is 11.6 Å². The fraction of sp³-hybridized carbons (Fsp3) is 0.474. The monoisotopic (exact) mass is 409 g/mol. The third-order valence-electron chi connectivity index (χ3n) is 5.33. The molecule has 0 heterocycles.